The summed E-state index contributed by atoms with van der Waals surface area (Å²) in [7, 11) is 0. The van der Waals surface area contributed by atoms with E-state index in [1.54, 1.807) is 12.3 Å². The van der Waals surface area contributed by atoms with E-state index >= 15 is 0 Å². The van der Waals surface area contributed by atoms with Gasteiger partial charge in [-0.3, -0.25) is 4.99 Å². The van der Waals surface area contributed by atoms with E-state index in [2.05, 4.69) is 16.2 Å². The molecule has 1 aliphatic heterocycles. The van der Waals surface area contributed by atoms with Gasteiger partial charge in [-0.15, -0.1) is 12.1 Å². The molecule has 1 aromatic rings. The molecule has 0 fully saturated rings. The Kier molecular flexibility index (Phi) is 3.36. The first-order valence-corrected chi connectivity index (χ1v) is 4.22. The third-order valence-electron chi connectivity index (χ3n) is 1.84. The Morgan fingerprint density at radius 3 is 2.79 bits per heavy atom. The van der Waals surface area contributed by atoms with E-state index in [-0.39, 0.29) is 24.4 Å². The molecule has 0 bridgehead atoms. The summed E-state index contributed by atoms with van der Waals surface area (Å²) < 4.78 is 5.46. The number of pyridine rings is 1. The summed E-state index contributed by atoms with van der Waals surface area (Å²) in [5, 5.41) is 0. The van der Waals surface area contributed by atoms with Gasteiger partial charge < -0.3 is 9.72 Å². The Morgan fingerprint density at radius 2 is 2.29 bits per heavy atom. The summed E-state index contributed by atoms with van der Waals surface area (Å²) in [4.78, 5) is 8.25. The summed E-state index contributed by atoms with van der Waals surface area (Å²) in [6.07, 6.45) is 4.44. The van der Waals surface area contributed by atoms with Crippen LogP contribution in [0.2, 0.25) is 0 Å². The van der Waals surface area contributed by atoms with Gasteiger partial charge in [0.1, 0.15) is 6.61 Å². The number of hydrogen-bond acceptors (Lipinski definition) is 3. The summed E-state index contributed by atoms with van der Waals surface area (Å²) >= 11 is 0. The predicted octanol–water partition coefficient (Wildman–Crippen LogP) is -1.56. The van der Waals surface area contributed by atoms with E-state index < -0.39 is 0 Å². The molecule has 0 atom stereocenters. The average Bonchev–Trinajstić information content (AvgIpc) is 2.48. The van der Waals surface area contributed by atoms with E-state index in [1.165, 1.54) is 0 Å². The van der Waals surface area contributed by atoms with Crippen LogP contribution in [0.25, 0.3) is 0 Å². The quantitative estimate of drug-likeness (QED) is 0.389. The molecule has 0 saturated carbocycles. The molecule has 0 N–H and O–H groups in total. The van der Waals surface area contributed by atoms with Crippen molar-refractivity contribution in [2.75, 3.05) is 6.61 Å². The molecule has 3 nitrogen and oxygen atoms in total. The molecule has 14 heavy (non-hydrogen) atoms. The van der Waals surface area contributed by atoms with Gasteiger partial charge in [0, 0.05) is 0 Å². The Morgan fingerprint density at radius 1 is 1.50 bits per heavy atom. The van der Waals surface area contributed by atoms with Crippen molar-refractivity contribution in [1.82, 2.24) is 4.98 Å². The first-order valence-electron chi connectivity index (χ1n) is 4.22. The van der Waals surface area contributed by atoms with Crippen molar-refractivity contribution in [2.24, 2.45) is 4.99 Å². The van der Waals surface area contributed by atoms with E-state index in [4.69, 9.17) is 4.74 Å². The maximum atomic E-state index is 5.46. The van der Waals surface area contributed by atoms with Gasteiger partial charge in [0.05, 0.1) is 5.54 Å². The number of ether oxygens (including phenoxy) is 1. The molecule has 0 radical (unpaired) electrons. The van der Waals surface area contributed by atoms with E-state index in [0.29, 0.717) is 12.5 Å². The van der Waals surface area contributed by atoms with Crippen LogP contribution in [0.1, 0.15) is 19.4 Å². The number of hydrogen-bond donors (Lipinski definition) is 0. The largest absolute Gasteiger partial charge is 1.00 e. The molecule has 4 heteroatoms. The summed E-state index contributed by atoms with van der Waals surface area (Å²) in [6.45, 7) is 4.74. The van der Waals surface area contributed by atoms with Crippen molar-refractivity contribution < 1.29 is 23.6 Å². The Bertz CT molecular complexity index is 335. The van der Waals surface area contributed by atoms with Crippen LogP contribution in [0.3, 0.4) is 0 Å². The minimum Gasteiger partial charge on any atom is -0.485 e. The van der Waals surface area contributed by atoms with Crippen molar-refractivity contribution in [3.63, 3.8) is 0 Å². The topological polar surface area (TPSA) is 34.5 Å². The number of nitrogens with zero attached hydrogens (tertiary/aromatic N) is 2. The SMILES string of the molecule is CC1(C)COC(c2c[c-]ncc2)=N1.[Li+]. The fourth-order valence-corrected chi connectivity index (χ4v) is 1.18. The van der Waals surface area contributed by atoms with Gasteiger partial charge in [-0.2, -0.15) is 0 Å². The molecule has 2 heterocycles. The zero-order valence-electron chi connectivity index (χ0n) is 8.74. The smallest absolute Gasteiger partial charge is 0.485 e. The minimum absolute atomic E-state index is 0. The molecule has 0 aliphatic carbocycles. The van der Waals surface area contributed by atoms with Crippen LogP contribution in [0.15, 0.2) is 23.3 Å². The standard InChI is InChI=1S/C10H11N2O.Li/c1-10(2)7-13-9(12-10)8-3-5-11-6-4-8;/h3-5H,7H2,1-2H3;/q-1;+1. The molecular weight excluding hydrogens is 171 g/mol. The van der Waals surface area contributed by atoms with Crippen molar-refractivity contribution in [3.05, 3.63) is 30.1 Å². The van der Waals surface area contributed by atoms with Crippen LogP contribution >= 0.6 is 0 Å². The Labute approximate surface area is 95.8 Å². The molecule has 0 aromatic carbocycles. The normalized spacial score (nSPS) is 18.0. The van der Waals surface area contributed by atoms with Gasteiger partial charge in [0.25, 0.3) is 0 Å². The fourth-order valence-electron chi connectivity index (χ4n) is 1.18. The van der Waals surface area contributed by atoms with Crippen molar-refractivity contribution >= 4 is 5.90 Å². The molecule has 1 aromatic heterocycles. The number of aliphatic imine (C=N–C) groups is 1. The molecule has 2 rings (SSSR count). The third kappa shape index (κ3) is 2.37. The Balaban J connectivity index is 0.000000980. The second kappa shape index (κ2) is 4.16. The fraction of sp³-hybridized carbons (Fsp3) is 0.400. The summed E-state index contributed by atoms with van der Waals surface area (Å²) in [5.74, 6) is 0.698. The van der Waals surface area contributed by atoms with Gasteiger partial charge in [0.2, 0.25) is 0 Å². The average molecular weight is 182 g/mol. The third-order valence-corrected chi connectivity index (χ3v) is 1.84. The maximum Gasteiger partial charge on any atom is 1.00 e. The van der Waals surface area contributed by atoms with Crippen LogP contribution in [0, 0.1) is 6.20 Å². The van der Waals surface area contributed by atoms with E-state index in [9.17, 15) is 0 Å². The first-order chi connectivity index (χ1) is 6.17. The minimum atomic E-state index is -0.0986. The molecule has 0 amide bonds. The monoisotopic (exact) mass is 182 g/mol. The summed E-state index contributed by atoms with van der Waals surface area (Å²) in [6, 6.07) is 3.65. The van der Waals surface area contributed by atoms with Crippen molar-refractivity contribution in [2.45, 2.75) is 19.4 Å². The van der Waals surface area contributed by atoms with Crippen LogP contribution in [-0.4, -0.2) is 23.0 Å². The second-order valence-electron chi connectivity index (χ2n) is 3.69. The zero-order chi connectivity index (χ0) is 9.31. The first kappa shape index (κ1) is 11.3. The molecule has 1 aliphatic rings. The maximum absolute atomic E-state index is 5.46. The number of aromatic nitrogens is 1. The van der Waals surface area contributed by atoms with Crippen LogP contribution in [0.4, 0.5) is 0 Å². The van der Waals surface area contributed by atoms with Gasteiger partial charge in [-0.1, -0.05) is 18.0 Å². The molecule has 0 unspecified atom stereocenters. The molecular formula is C10H11LiN2O. The Hall–Kier alpha value is -0.783. The van der Waals surface area contributed by atoms with Gasteiger partial charge >= 0.3 is 18.9 Å². The zero-order valence-corrected chi connectivity index (χ0v) is 8.74. The van der Waals surface area contributed by atoms with Gasteiger partial charge in [-0.25, -0.2) is 0 Å². The van der Waals surface area contributed by atoms with Crippen molar-refractivity contribution in [1.29, 1.82) is 0 Å². The molecule has 0 saturated heterocycles. The van der Waals surface area contributed by atoms with E-state index in [1.807, 2.05) is 19.9 Å². The van der Waals surface area contributed by atoms with Crippen LogP contribution < -0.4 is 18.9 Å². The van der Waals surface area contributed by atoms with Gasteiger partial charge in [-0.05, 0) is 13.8 Å². The molecule has 0 spiro atoms. The van der Waals surface area contributed by atoms with Crippen LogP contribution in [0.5, 0.6) is 0 Å². The van der Waals surface area contributed by atoms with E-state index in [0.717, 1.165) is 5.56 Å². The van der Waals surface area contributed by atoms with Gasteiger partial charge in [0.15, 0.2) is 5.90 Å². The second-order valence-corrected chi connectivity index (χ2v) is 3.69. The predicted molar refractivity (Wildman–Crippen MR) is 49.6 cm³/mol. The van der Waals surface area contributed by atoms with Crippen molar-refractivity contribution in [3.8, 4) is 0 Å². The molecule has 68 valence electrons. The van der Waals surface area contributed by atoms with Crippen LogP contribution in [-0.2, 0) is 4.74 Å². The summed E-state index contributed by atoms with van der Waals surface area (Å²) in [5.41, 5.74) is 0.846. The number of rotatable bonds is 1.